The Kier molecular flexibility index (Phi) is 16.2. The van der Waals surface area contributed by atoms with Crippen LogP contribution in [0, 0.1) is 0 Å². The number of ether oxygens (including phenoxy) is 1. The smallest absolute Gasteiger partial charge is 0.307 e. The van der Waals surface area contributed by atoms with Crippen LogP contribution < -0.4 is 0 Å². The van der Waals surface area contributed by atoms with Crippen molar-refractivity contribution < 1.29 is 19.4 Å². The molecule has 4 nitrogen and oxygen atoms in total. The van der Waals surface area contributed by atoms with Crippen molar-refractivity contribution in [1.29, 1.82) is 0 Å². The van der Waals surface area contributed by atoms with Crippen molar-refractivity contribution in [3.63, 3.8) is 0 Å². The lowest BCUT2D eigenvalue weighted by Crippen LogP contribution is -2.20. The molecule has 0 aliphatic heterocycles. The maximum atomic E-state index is 11.7. The monoisotopic (exact) mass is 352 g/mol. The number of hydrogen-bond acceptors (Lipinski definition) is 3. The quantitative estimate of drug-likeness (QED) is 0.216. The first-order valence-electron chi connectivity index (χ1n) is 9.81. The third-order valence-electron chi connectivity index (χ3n) is 3.97. The van der Waals surface area contributed by atoms with Crippen molar-refractivity contribution in [3.8, 4) is 0 Å². The van der Waals surface area contributed by atoms with Gasteiger partial charge in [-0.05, 0) is 38.5 Å². The molecule has 0 aliphatic carbocycles. The second-order valence-corrected chi connectivity index (χ2v) is 6.39. The van der Waals surface area contributed by atoms with Gasteiger partial charge in [-0.15, -0.1) is 0 Å². The number of carboxylic acids is 1. The average molecular weight is 353 g/mol. The molecule has 0 amide bonds. The summed E-state index contributed by atoms with van der Waals surface area (Å²) in [5.41, 5.74) is 0. The molecule has 0 fully saturated rings. The molecule has 0 aromatic rings. The number of allylic oxidation sites excluding steroid dienone is 4. The molecule has 0 radical (unpaired) electrons. The highest BCUT2D eigenvalue weighted by atomic mass is 16.5. The minimum Gasteiger partial charge on any atom is -0.481 e. The van der Waals surface area contributed by atoms with Crippen LogP contribution in [0.2, 0.25) is 0 Å². The summed E-state index contributed by atoms with van der Waals surface area (Å²) in [6.07, 6.45) is 19.1. The highest BCUT2D eigenvalue weighted by Crippen LogP contribution is 2.11. The Morgan fingerprint density at radius 2 is 1.56 bits per heavy atom. The van der Waals surface area contributed by atoms with E-state index in [9.17, 15) is 9.59 Å². The summed E-state index contributed by atoms with van der Waals surface area (Å²) in [5, 5.41) is 8.73. The summed E-state index contributed by atoms with van der Waals surface area (Å²) in [5.74, 6) is -1.20. The van der Waals surface area contributed by atoms with Gasteiger partial charge in [0.15, 0.2) is 0 Å². The van der Waals surface area contributed by atoms with E-state index in [0.717, 1.165) is 32.1 Å². The van der Waals surface area contributed by atoms with Crippen molar-refractivity contribution in [3.05, 3.63) is 24.3 Å². The van der Waals surface area contributed by atoms with Gasteiger partial charge >= 0.3 is 11.9 Å². The van der Waals surface area contributed by atoms with Crippen molar-refractivity contribution >= 4 is 11.9 Å². The minimum absolute atomic E-state index is 0.107. The van der Waals surface area contributed by atoms with Crippen LogP contribution in [0.25, 0.3) is 0 Å². The zero-order valence-corrected chi connectivity index (χ0v) is 16.0. The third-order valence-corrected chi connectivity index (χ3v) is 3.97. The topological polar surface area (TPSA) is 63.6 Å². The van der Waals surface area contributed by atoms with E-state index in [4.69, 9.17) is 9.84 Å². The Morgan fingerprint density at radius 3 is 2.20 bits per heavy atom. The lowest BCUT2D eigenvalue weighted by Gasteiger charge is -2.13. The molecule has 1 atom stereocenters. The van der Waals surface area contributed by atoms with Gasteiger partial charge < -0.3 is 9.84 Å². The van der Waals surface area contributed by atoms with Crippen molar-refractivity contribution in [1.82, 2.24) is 0 Å². The molecule has 4 heteroatoms. The number of carboxylic acid groups (broad SMARTS) is 1. The van der Waals surface area contributed by atoms with E-state index in [0.29, 0.717) is 12.8 Å². The molecule has 1 N–H and O–H groups in total. The standard InChI is InChI=1S/C21H36O4/c1-3-5-6-7-8-9-10-11-12-13-14-15-16-17-21(24)25-19(4-2)18-20(22)23/h6-7,9-10,19H,3-5,8,11-18H2,1-2H3,(H,22,23)/b7-6-,10-9-. The molecule has 0 aromatic heterocycles. The van der Waals surface area contributed by atoms with Crippen molar-refractivity contribution in [2.24, 2.45) is 0 Å². The molecule has 144 valence electrons. The maximum absolute atomic E-state index is 11.7. The summed E-state index contributed by atoms with van der Waals surface area (Å²) >= 11 is 0. The summed E-state index contributed by atoms with van der Waals surface area (Å²) in [6.45, 7) is 4.02. The van der Waals surface area contributed by atoms with Gasteiger partial charge in [0.1, 0.15) is 6.10 Å². The molecule has 0 bridgehead atoms. The van der Waals surface area contributed by atoms with E-state index >= 15 is 0 Å². The van der Waals surface area contributed by atoms with Gasteiger partial charge in [0, 0.05) is 6.42 Å². The zero-order chi connectivity index (χ0) is 18.8. The van der Waals surface area contributed by atoms with Crippen LogP contribution in [0.15, 0.2) is 24.3 Å². The largest absolute Gasteiger partial charge is 0.481 e. The molecule has 0 rings (SSSR count). The van der Waals surface area contributed by atoms with E-state index in [-0.39, 0.29) is 12.4 Å². The van der Waals surface area contributed by atoms with E-state index in [1.807, 2.05) is 6.92 Å². The fourth-order valence-corrected chi connectivity index (χ4v) is 2.44. The average Bonchev–Trinajstić information content (AvgIpc) is 2.58. The first-order valence-corrected chi connectivity index (χ1v) is 9.81. The van der Waals surface area contributed by atoms with Crippen LogP contribution in [0.4, 0.5) is 0 Å². The summed E-state index contributed by atoms with van der Waals surface area (Å²) in [4.78, 5) is 22.3. The number of carbonyl (C=O) groups is 2. The molecular weight excluding hydrogens is 316 g/mol. The van der Waals surface area contributed by atoms with Gasteiger partial charge in [-0.3, -0.25) is 9.59 Å². The maximum Gasteiger partial charge on any atom is 0.307 e. The lowest BCUT2D eigenvalue weighted by atomic mass is 10.1. The summed E-state index contributed by atoms with van der Waals surface area (Å²) in [7, 11) is 0. The highest BCUT2D eigenvalue weighted by molar-refractivity contribution is 5.71. The van der Waals surface area contributed by atoms with Crippen molar-refractivity contribution in [2.75, 3.05) is 0 Å². The van der Waals surface area contributed by atoms with Crippen LogP contribution >= 0.6 is 0 Å². The van der Waals surface area contributed by atoms with Crippen LogP contribution in [-0.4, -0.2) is 23.1 Å². The van der Waals surface area contributed by atoms with Gasteiger partial charge in [-0.1, -0.05) is 63.8 Å². The number of rotatable bonds is 16. The fraction of sp³-hybridized carbons (Fsp3) is 0.714. The molecule has 0 saturated carbocycles. The third kappa shape index (κ3) is 17.0. The molecule has 25 heavy (non-hydrogen) atoms. The molecule has 0 aromatic carbocycles. The van der Waals surface area contributed by atoms with Crippen LogP contribution in [0.5, 0.6) is 0 Å². The lowest BCUT2D eigenvalue weighted by molar-refractivity contribution is -0.153. The molecule has 0 aliphatic rings. The number of unbranched alkanes of at least 4 members (excludes halogenated alkanes) is 6. The molecular formula is C21H36O4. The van der Waals surface area contributed by atoms with Gasteiger partial charge in [0.25, 0.3) is 0 Å². The minimum atomic E-state index is -0.925. The van der Waals surface area contributed by atoms with E-state index in [2.05, 4.69) is 31.2 Å². The predicted octanol–water partition coefficient (Wildman–Crippen LogP) is 5.82. The molecule has 0 spiro atoms. The van der Waals surface area contributed by atoms with Crippen LogP contribution in [-0.2, 0) is 14.3 Å². The molecule has 0 heterocycles. The Morgan fingerprint density at radius 1 is 0.920 bits per heavy atom. The van der Waals surface area contributed by atoms with Crippen LogP contribution in [0.1, 0.15) is 90.9 Å². The van der Waals surface area contributed by atoms with Crippen molar-refractivity contribution in [2.45, 2.75) is 97.0 Å². The van der Waals surface area contributed by atoms with E-state index in [1.54, 1.807) is 0 Å². The van der Waals surface area contributed by atoms with E-state index in [1.165, 1.54) is 25.7 Å². The first kappa shape index (κ1) is 23.4. The van der Waals surface area contributed by atoms with Gasteiger partial charge in [0.05, 0.1) is 6.42 Å². The molecule has 0 saturated heterocycles. The Balaban J connectivity index is 3.49. The Labute approximate surface area is 153 Å². The number of esters is 1. The number of hydrogen-bond donors (Lipinski definition) is 1. The zero-order valence-electron chi connectivity index (χ0n) is 16.0. The summed E-state index contributed by atoms with van der Waals surface area (Å²) < 4.78 is 5.18. The first-order chi connectivity index (χ1) is 12.1. The fourth-order valence-electron chi connectivity index (χ4n) is 2.44. The second-order valence-electron chi connectivity index (χ2n) is 6.39. The second kappa shape index (κ2) is 17.2. The van der Waals surface area contributed by atoms with Gasteiger partial charge in [0.2, 0.25) is 0 Å². The number of carbonyl (C=O) groups excluding carboxylic acids is 1. The SMILES string of the molecule is CCC/C=C\C/C=C\CCCCCCCC(=O)OC(CC)CC(=O)O. The Hall–Kier alpha value is -1.58. The Bertz CT molecular complexity index is 399. The normalized spacial score (nSPS) is 12.7. The van der Waals surface area contributed by atoms with Gasteiger partial charge in [-0.25, -0.2) is 0 Å². The van der Waals surface area contributed by atoms with Crippen LogP contribution in [0.3, 0.4) is 0 Å². The summed E-state index contributed by atoms with van der Waals surface area (Å²) in [6, 6.07) is 0. The number of aliphatic carboxylic acids is 1. The molecule has 1 unspecified atom stereocenters. The van der Waals surface area contributed by atoms with E-state index < -0.39 is 12.1 Å². The van der Waals surface area contributed by atoms with Gasteiger partial charge in [-0.2, -0.15) is 0 Å². The predicted molar refractivity (Wildman–Crippen MR) is 103 cm³/mol. The highest BCUT2D eigenvalue weighted by Gasteiger charge is 2.15.